The first kappa shape index (κ1) is 19.3. The van der Waals surface area contributed by atoms with Crippen molar-refractivity contribution in [3.05, 3.63) is 37.7 Å². The van der Waals surface area contributed by atoms with Crippen LogP contribution in [0.2, 0.25) is 0 Å². The average Bonchev–Trinajstić information content (AvgIpc) is 3.22. The molecule has 0 unspecified atom stereocenters. The summed E-state index contributed by atoms with van der Waals surface area (Å²) in [5.74, 6) is -0.975. The Morgan fingerprint density at radius 2 is 2.19 bits per heavy atom. The maximum absolute atomic E-state index is 12.6. The third-order valence-corrected chi connectivity index (χ3v) is 6.17. The van der Waals surface area contributed by atoms with Crippen LogP contribution in [-0.4, -0.2) is 23.5 Å². The van der Waals surface area contributed by atoms with Gasteiger partial charge < -0.3 is 10.1 Å². The number of carbonyl (C=O) groups excluding carboxylic acids is 2. The lowest BCUT2D eigenvalue weighted by atomic mass is 9.95. The molecule has 8 heteroatoms. The van der Waals surface area contributed by atoms with Gasteiger partial charge in [0, 0.05) is 10.3 Å². The van der Waals surface area contributed by atoms with Gasteiger partial charge in [0.1, 0.15) is 16.6 Å². The predicted octanol–water partition coefficient (Wildman–Crippen LogP) is 4.11. The minimum absolute atomic E-state index is 0.0542. The van der Waals surface area contributed by atoms with Crippen LogP contribution >= 0.6 is 22.7 Å². The topological polar surface area (TPSA) is 92.1 Å². The molecule has 2 heterocycles. The third-order valence-electron chi connectivity index (χ3n) is 4.17. The molecule has 1 aliphatic rings. The molecule has 3 rings (SSSR count). The summed E-state index contributed by atoms with van der Waals surface area (Å²) >= 11 is 2.85. The van der Waals surface area contributed by atoms with Gasteiger partial charge in [-0.2, -0.15) is 5.26 Å². The Labute approximate surface area is 165 Å². The maximum Gasteiger partial charge on any atom is 0.341 e. The molecule has 0 aromatic carbocycles. The van der Waals surface area contributed by atoms with Crippen molar-refractivity contribution < 1.29 is 14.3 Å². The summed E-state index contributed by atoms with van der Waals surface area (Å²) in [6.45, 7) is 3.88. The van der Waals surface area contributed by atoms with Crippen LogP contribution in [0.3, 0.4) is 0 Å². The lowest BCUT2D eigenvalue weighted by Crippen LogP contribution is -2.16. The Bertz CT molecular complexity index is 950. The Balaban J connectivity index is 1.91. The second kappa shape index (κ2) is 8.46. The van der Waals surface area contributed by atoms with Crippen LogP contribution in [-0.2, 0) is 22.4 Å². The number of aryl methyl sites for hydroxylation is 2. The molecule has 0 saturated heterocycles. The number of thiophene rings is 1. The minimum Gasteiger partial charge on any atom is -0.462 e. The Morgan fingerprint density at radius 3 is 2.85 bits per heavy atom. The number of amides is 1. The molecule has 140 valence electrons. The van der Waals surface area contributed by atoms with Gasteiger partial charge in [-0.25, -0.2) is 9.78 Å². The number of aromatic nitrogens is 1. The van der Waals surface area contributed by atoms with Crippen molar-refractivity contribution in [2.45, 2.75) is 39.5 Å². The van der Waals surface area contributed by atoms with Crippen LogP contribution in [0.15, 0.2) is 11.0 Å². The Hall–Kier alpha value is -2.50. The van der Waals surface area contributed by atoms with E-state index < -0.39 is 11.9 Å². The Kier molecular flexibility index (Phi) is 6.04. The van der Waals surface area contributed by atoms with Gasteiger partial charge in [0.2, 0.25) is 0 Å². The number of nitriles is 1. The second-order valence-electron chi connectivity index (χ2n) is 6.05. The van der Waals surface area contributed by atoms with E-state index >= 15 is 0 Å². The molecule has 6 nitrogen and oxygen atoms in total. The summed E-state index contributed by atoms with van der Waals surface area (Å²) in [6, 6.07) is 1.92. The third kappa shape index (κ3) is 4.26. The lowest BCUT2D eigenvalue weighted by Gasteiger charge is -2.12. The van der Waals surface area contributed by atoms with Crippen molar-refractivity contribution in [1.82, 2.24) is 4.98 Å². The van der Waals surface area contributed by atoms with Gasteiger partial charge in [-0.15, -0.1) is 22.7 Å². The summed E-state index contributed by atoms with van der Waals surface area (Å²) in [4.78, 5) is 30.4. The van der Waals surface area contributed by atoms with E-state index in [4.69, 9.17) is 4.74 Å². The molecule has 2 aromatic rings. The smallest absolute Gasteiger partial charge is 0.341 e. The molecule has 1 aliphatic carbocycles. The van der Waals surface area contributed by atoms with E-state index in [0.29, 0.717) is 16.3 Å². The van der Waals surface area contributed by atoms with Crippen molar-refractivity contribution in [2.75, 3.05) is 11.9 Å². The van der Waals surface area contributed by atoms with E-state index in [-0.39, 0.29) is 12.2 Å². The number of carbonyl (C=O) groups is 2. The van der Waals surface area contributed by atoms with E-state index in [1.165, 1.54) is 28.7 Å². The summed E-state index contributed by atoms with van der Waals surface area (Å²) in [6.07, 6.45) is 5.22. The summed E-state index contributed by atoms with van der Waals surface area (Å²) < 4.78 is 5.19. The molecule has 27 heavy (non-hydrogen) atoms. The highest BCUT2D eigenvalue weighted by Gasteiger charge is 2.27. The van der Waals surface area contributed by atoms with Crippen molar-refractivity contribution in [2.24, 2.45) is 0 Å². The zero-order chi connectivity index (χ0) is 19.4. The zero-order valence-corrected chi connectivity index (χ0v) is 16.8. The molecule has 0 spiro atoms. The van der Waals surface area contributed by atoms with Crippen LogP contribution in [0.4, 0.5) is 5.00 Å². The van der Waals surface area contributed by atoms with Gasteiger partial charge >= 0.3 is 5.97 Å². The van der Waals surface area contributed by atoms with Gasteiger partial charge in [0.25, 0.3) is 5.91 Å². The molecule has 1 amide bonds. The highest BCUT2D eigenvalue weighted by molar-refractivity contribution is 7.17. The van der Waals surface area contributed by atoms with Gasteiger partial charge in [-0.1, -0.05) is 0 Å². The van der Waals surface area contributed by atoms with Gasteiger partial charge in [-0.3, -0.25) is 4.79 Å². The Morgan fingerprint density at radius 1 is 1.41 bits per heavy atom. The summed E-state index contributed by atoms with van der Waals surface area (Å²) in [5, 5.41) is 15.2. The van der Waals surface area contributed by atoms with Crippen molar-refractivity contribution in [3.8, 4) is 6.07 Å². The van der Waals surface area contributed by atoms with Crippen molar-refractivity contribution >= 4 is 45.6 Å². The van der Waals surface area contributed by atoms with Crippen LogP contribution in [0.25, 0.3) is 6.08 Å². The van der Waals surface area contributed by atoms with Crippen LogP contribution in [0, 0.1) is 18.3 Å². The second-order valence-corrected chi connectivity index (χ2v) is 8.22. The summed E-state index contributed by atoms with van der Waals surface area (Å²) in [5.41, 5.74) is 1.92. The van der Waals surface area contributed by atoms with E-state index in [2.05, 4.69) is 10.3 Å². The molecule has 0 saturated carbocycles. The van der Waals surface area contributed by atoms with E-state index in [1.807, 2.05) is 13.0 Å². The first-order valence-corrected chi connectivity index (χ1v) is 10.4. The predicted molar refractivity (Wildman–Crippen MR) is 106 cm³/mol. The fourth-order valence-electron chi connectivity index (χ4n) is 2.99. The lowest BCUT2D eigenvalue weighted by molar-refractivity contribution is -0.112. The molecular weight excluding hydrogens is 382 g/mol. The number of ether oxygens (including phenoxy) is 1. The van der Waals surface area contributed by atoms with E-state index in [0.717, 1.165) is 41.1 Å². The normalized spacial score (nSPS) is 13.6. The first-order chi connectivity index (χ1) is 13.0. The number of nitrogens with one attached hydrogen (secondary N) is 1. The fraction of sp³-hybridized carbons (Fsp3) is 0.368. The highest BCUT2D eigenvalue weighted by atomic mass is 32.1. The first-order valence-electron chi connectivity index (χ1n) is 8.70. The molecular formula is C19H19N3O3S2. The van der Waals surface area contributed by atoms with Gasteiger partial charge in [0.15, 0.2) is 0 Å². The monoisotopic (exact) mass is 401 g/mol. The zero-order valence-electron chi connectivity index (χ0n) is 15.1. The maximum atomic E-state index is 12.6. The standard InChI is InChI=1S/C19H19N3O3S2/c1-3-25-19(24)16-14-6-4-5-7-15(14)27-18(16)22-17(23)12(9-20)8-13-10-26-11(2)21-13/h8,10H,3-7H2,1-2H3,(H,22,23)/b12-8+. The number of anilines is 1. The number of rotatable bonds is 5. The van der Waals surface area contributed by atoms with Crippen LogP contribution in [0.1, 0.15) is 51.3 Å². The molecule has 0 fully saturated rings. The largest absolute Gasteiger partial charge is 0.462 e. The summed E-state index contributed by atoms with van der Waals surface area (Å²) in [7, 11) is 0. The number of hydrogen-bond donors (Lipinski definition) is 1. The minimum atomic E-state index is -0.549. The van der Waals surface area contributed by atoms with Crippen LogP contribution < -0.4 is 5.32 Å². The average molecular weight is 402 g/mol. The number of fused-ring (bicyclic) bond motifs is 1. The molecule has 0 aliphatic heterocycles. The number of esters is 1. The molecule has 0 atom stereocenters. The number of thiazole rings is 1. The SMILES string of the molecule is CCOC(=O)c1c(NC(=O)/C(C#N)=C/c2csc(C)n2)sc2c1CCCC2. The van der Waals surface area contributed by atoms with Crippen molar-refractivity contribution in [3.63, 3.8) is 0 Å². The van der Waals surface area contributed by atoms with Gasteiger partial charge in [-0.05, 0) is 51.2 Å². The van der Waals surface area contributed by atoms with Crippen LogP contribution in [0.5, 0.6) is 0 Å². The molecule has 2 aromatic heterocycles. The van der Waals surface area contributed by atoms with E-state index in [9.17, 15) is 14.9 Å². The van der Waals surface area contributed by atoms with Gasteiger partial charge in [0.05, 0.1) is 22.9 Å². The molecule has 0 bridgehead atoms. The molecule has 1 N–H and O–H groups in total. The van der Waals surface area contributed by atoms with Crippen molar-refractivity contribution in [1.29, 1.82) is 5.26 Å². The number of hydrogen-bond acceptors (Lipinski definition) is 7. The van der Waals surface area contributed by atoms with E-state index in [1.54, 1.807) is 12.3 Å². The fourth-order valence-corrected chi connectivity index (χ4v) is 4.83. The molecule has 0 radical (unpaired) electrons. The highest BCUT2D eigenvalue weighted by Crippen LogP contribution is 2.38. The number of nitrogens with zero attached hydrogens (tertiary/aromatic N) is 2. The quantitative estimate of drug-likeness (QED) is 0.462.